The van der Waals surface area contributed by atoms with Crippen LogP contribution >= 0.6 is 0 Å². The number of likely N-dealkylation sites (tertiary alicyclic amines) is 1. The Bertz CT molecular complexity index is 1200. The van der Waals surface area contributed by atoms with Crippen molar-refractivity contribution >= 4 is 23.1 Å². The summed E-state index contributed by atoms with van der Waals surface area (Å²) in [6.45, 7) is 0.970. The van der Waals surface area contributed by atoms with E-state index in [-0.39, 0.29) is 11.7 Å². The number of Topliss-reactive ketones (excluding diaryl/α,β-unsaturated/α-hetero) is 1. The van der Waals surface area contributed by atoms with Gasteiger partial charge in [0.2, 0.25) is 0 Å². The number of ketones is 1. The average molecular weight is 428 g/mol. The van der Waals surface area contributed by atoms with Crippen LogP contribution in [0.3, 0.4) is 0 Å². The lowest BCUT2D eigenvalue weighted by Gasteiger charge is -2.44. The zero-order chi connectivity index (χ0) is 22.3. The molecule has 0 atom stereocenters. The maximum absolute atomic E-state index is 13.3. The van der Waals surface area contributed by atoms with Crippen LogP contribution in [-0.2, 0) is 0 Å². The first-order chi connectivity index (χ1) is 15.4. The van der Waals surface area contributed by atoms with Crippen molar-refractivity contribution in [1.29, 1.82) is 0 Å². The van der Waals surface area contributed by atoms with E-state index in [1.54, 1.807) is 29.2 Å². The first kappa shape index (κ1) is 20.1. The summed E-state index contributed by atoms with van der Waals surface area (Å²) in [6.07, 6.45) is 2.98. The van der Waals surface area contributed by atoms with Crippen LogP contribution in [0.2, 0.25) is 0 Å². The van der Waals surface area contributed by atoms with E-state index in [1.807, 2.05) is 30.3 Å². The second kappa shape index (κ2) is 7.67. The van der Waals surface area contributed by atoms with Crippen molar-refractivity contribution in [1.82, 2.24) is 9.88 Å². The Balaban J connectivity index is 1.33. The van der Waals surface area contributed by atoms with Gasteiger partial charge in [-0.2, -0.15) is 0 Å². The highest BCUT2D eigenvalue weighted by Crippen LogP contribution is 2.40. The summed E-state index contributed by atoms with van der Waals surface area (Å²) in [5.41, 5.74) is 14.8. The molecule has 32 heavy (non-hydrogen) atoms. The Kier molecular flexibility index (Phi) is 4.81. The van der Waals surface area contributed by atoms with E-state index in [9.17, 15) is 9.59 Å². The van der Waals surface area contributed by atoms with Gasteiger partial charge in [0.25, 0.3) is 5.91 Å². The van der Waals surface area contributed by atoms with E-state index in [2.05, 4.69) is 4.98 Å². The summed E-state index contributed by atoms with van der Waals surface area (Å²) in [6, 6.07) is 16.6. The fourth-order valence-electron chi connectivity index (χ4n) is 4.50. The summed E-state index contributed by atoms with van der Waals surface area (Å²) < 4.78 is 6.27. The number of fused-ring (bicyclic) bond motifs is 1. The number of hydrogen-bond acceptors (Lipinski definition) is 6. The molecule has 4 N–H and O–H groups in total. The van der Waals surface area contributed by atoms with Gasteiger partial charge >= 0.3 is 0 Å². The lowest BCUT2D eigenvalue weighted by atomic mass is 9.82. The molecule has 0 unspecified atom stereocenters. The van der Waals surface area contributed by atoms with Crippen molar-refractivity contribution in [3.63, 3.8) is 0 Å². The number of pyridine rings is 1. The SMILES string of the molecule is Nc1ccc2c(c1)C(=O)CC1(CCN(C(=O)c3cc(-c4ccccc4)ncc3N)CC1)O2. The van der Waals surface area contributed by atoms with Crippen molar-refractivity contribution < 1.29 is 14.3 Å². The molecule has 7 heteroatoms. The van der Waals surface area contributed by atoms with Gasteiger partial charge < -0.3 is 21.1 Å². The summed E-state index contributed by atoms with van der Waals surface area (Å²) in [5.74, 6) is 0.470. The van der Waals surface area contributed by atoms with E-state index >= 15 is 0 Å². The molecule has 0 saturated carbocycles. The van der Waals surface area contributed by atoms with Gasteiger partial charge in [0, 0.05) is 37.2 Å². The fraction of sp³-hybridized carbons (Fsp3) is 0.240. The molecule has 1 aromatic heterocycles. The van der Waals surface area contributed by atoms with Crippen LogP contribution in [0, 0.1) is 0 Å². The van der Waals surface area contributed by atoms with Gasteiger partial charge in [-0.25, -0.2) is 0 Å². The number of benzene rings is 2. The van der Waals surface area contributed by atoms with Crippen LogP contribution < -0.4 is 16.2 Å². The van der Waals surface area contributed by atoms with Gasteiger partial charge in [-0.05, 0) is 24.3 Å². The van der Waals surface area contributed by atoms with E-state index < -0.39 is 5.60 Å². The first-order valence-corrected chi connectivity index (χ1v) is 10.7. The van der Waals surface area contributed by atoms with Crippen molar-refractivity contribution in [2.75, 3.05) is 24.6 Å². The molecule has 1 amide bonds. The van der Waals surface area contributed by atoms with Crippen LogP contribution in [0.1, 0.15) is 40.0 Å². The minimum Gasteiger partial charge on any atom is -0.486 e. The first-order valence-electron chi connectivity index (χ1n) is 10.7. The normalized spacial score (nSPS) is 17.0. The van der Waals surface area contributed by atoms with E-state index in [4.69, 9.17) is 16.2 Å². The smallest absolute Gasteiger partial charge is 0.256 e. The zero-order valence-corrected chi connectivity index (χ0v) is 17.6. The third-order valence-corrected chi connectivity index (χ3v) is 6.31. The predicted molar refractivity (Wildman–Crippen MR) is 122 cm³/mol. The number of anilines is 2. The average Bonchev–Trinajstić information content (AvgIpc) is 2.81. The number of nitrogen functional groups attached to an aromatic ring is 2. The Morgan fingerprint density at radius 2 is 1.78 bits per heavy atom. The molecule has 3 aromatic rings. The van der Waals surface area contributed by atoms with Gasteiger partial charge in [0.15, 0.2) is 5.78 Å². The fourth-order valence-corrected chi connectivity index (χ4v) is 4.50. The molecule has 1 fully saturated rings. The number of carbonyl (C=O) groups is 2. The van der Waals surface area contributed by atoms with Crippen LogP contribution in [-0.4, -0.2) is 40.3 Å². The highest BCUT2D eigenvalue weighted by molar-refractivity contribution is 6.01. The number of piperidine rings is 1. The predicted octanol–water partition coefficient (Wildman–Crippen LogP) is 3.55. The van der Waals surface area contributed by atoms with E-state index in [1.165, 1.54) is 6.20 Å². The third-order valence-electron chi connectivity index (χ3n) is 6.31. The summed E-state index contributed by atoms with van der Waals surface area (Å²) >= 11 is 0. The number of nitrogens with zero attached hydrogens (tertiary/aromatic N) is 2. The summed E-state index contributed by atoms with van der Waals surface area (Å²) in [7, 11) is 0. The third kappa shape index (κ3) is 3.56. The molecular formula is C25H24N4O3. The van der Waals surface area contributed by atoms with E-state index in [0.29, 0.717) is 66.3 Å². The number of amides is 1. The number of nitrogens with two attached hydrogens (primary N) is 2. The van der Waals surface area contributed by atoms with Gasteiger partial charge in [-0.3, -0.25) is 14.6 Å². The van der Waals surface area contributed by atoms with Crippen molar-refractivity contribution in [3.8, 4) is 17.0 Å². The monoisotopic (exact) mass is 428 g/mol. The van der Waals surface area contributed by atoms with Crippen LogP contribution in [0.15, 0.2) is 60.8 Å². The molecular weight excluding hydrogens is 404 g/mol. The summed E-state index contributed by atoms with van der Waals surface area (Å²) in [4.78, 5) is 32.2. The second-order valence-electron chi connectivity index (χ2n) is 8.46. The molecule has 5 rings (SSSR count). The molecule has 3 heterocycles. The maximum atomic E-state index is 13.3. The topological polar surface area (TPSA) is 112 Å². The number of carbonyl (C=O) groups excluding carboxylic acids is 2. The van der Waals surface area contributed by atoms with E-state index in [0.717, 1.165) is 5.56 Å². The van der Waals surface area contributed by atoms with Crippen molar-refractivity contribution in [2.24, 2.45) is 0 Å². The molecule has 0 radical (unpaired) electrons. The van der Waals surface area contributed by atoms with Crippen LogP contribution in [0.4, 0.5) is 11.4 Å². The number of rotatable bonds is 2. The molecule has 2 aromatic carbocycles. The van der Waals surface area contributed by atoms with Gasteiger partial charge in [-0.15, -0.1) is 0 Å². The quantitative estimate of drug-likeness (QED) is 0.604. The number of ether oxygens (including phenoxy) is 1. The maximum Gasteiger partial charge on any atom is 0.256 e. The minimum absolute atomic E-state index is 0.0317. The molecule has 0 bridgehead atoms. The Morgan fingerprint density at radius 1 is 1.03 bits per heavy atom. The molecule has 2 aliphatic rings. The molecule has 7 nitrogen and oxygen atoms in total. The molecule has 1 spiro atoms. The van der Waals surface area contributed by atoms with Gasteiger partial charge in [0.1, 0.15) is 11.4 Å². The zero-order valence-electron chi connectivity index (χ0n) is 17.6. The van der Waals surface area contributed by atoms with Crippen LogP contribution in [0.25, 0.3) is 11.3 Å². The molecule has 0 aliphatic carbocycles. The van der Waals surface area contributed by atoms with Crippen molar-refractivity contribution in [3.05, 3.63) is 71.9 Å². The van der Waals surface area contributed by atoms with Gasteiger partial charge in [0.05, 0.1) is 35.1 Å². The highest BCUT2D eigenvalue weighted by atomic mass is 16.5. The number of hydrogen-bond donors (Lipinski definition) is 2. The Labute approximate surface area is 186 Å². The summed E-state index contributed by atoms with van der Waals surface area (Å²) in [5, 5.41) is 0. The van der Waals surface area contributed by atoms with Crippen molar-refractivity contribution in [2.45, 2.75) is 24.9 Å². The lowest BCUT2D eigenvalue weighted by Crippen LogP contribution is -2.52. The standard InChI is InChI=1S/C25H24N4O3/c26-17-6-7-23-19(12-17)22(30)14-25(32-23)8-10-29(11-9-25)24(31)18-13-21(28-15-20(18)27)16-4-2-1-3-5-16/h1-7,12-13,15H,8-11,14,26-27H2. The lowest BCUT2D eigenvalue weighted by molar-refractivity contribution is -0.00566. The molecule has 1 saturated heterocycles. The highest BCUT2D eigenvalue weighted by Gasteiger charge is 2.44. The largest absolute Gasteiger partial charge is 0.486 e. The Hall–Kier alpha value is -3.87. The van der Waals surface area contributed by atoms with Gasteiger partial charge in [-0.1, -0.05) is 30.3 Å². The Morgan fingerprint density at radius 3 is 2.53 bits per heavy atom. The minimum atomic E-state index is -0.587. The molecule has 162 valence electrons. The molecule has 2 aliphatic heterocycles. The second-order valence-corrected chi connectivity index (χ2v) is 8.46. The number of aromatic nitrogens is 1. The van der Waals surface area contributed by atoms with Crippen LogP contribution in [0.5, 0.6) is 5.75 Å².